The van der Waals surface area contributed by atoms with E-state index in [-0.39, 0.29) is 33.4 Å². The van der Waals surface area contributed by atoms with Gasteiger partial charge in [0, 0.05) is 11.5 Å². The zero-order valence-corrected chi connectivity index (χ0v) is 17.1. The van der Waals surface area contributed by atoms with E-state index in [1.807, 2.05) is 0 Å². The zero-order chi connectivity index (χ0) is 24.4. The van der Waals surface area contributed by atoms with Gasteiger partial charge in [0.15, 0.2) is 0 Å². The molecule has 2 aromatic carbocycles. The first-order valence-electron chi connectivity index (χ1n) is 9.74. The molecule has 2 heterocycles. The summed E-state index contributed by atoms with van der Waals surface area (Å²) in [6, 6.07) is 10.4. The van der Waals surface area contributed by atoms with Crippen LogP contribution in [0.5, 0.6) is 11.5 Å². The van der Waals surface area contributed by atoms with Crippen molar-refractivity contribution >= 4 is 27.7 Å². The predicted molar refractivity (Wildman–Crippen MR) is 111 cm³/mol. The van der Waals surface area contributed by atoms with Crippen LogP contribution in [0.25, 0.3) is 21.9 Å². The number of alkyl halides is 4. The highest BCUT2D eigenvalue weighted by atomic mass is 19.3. The maximum atomic E-state index is 13.0. The van der Waals surface area contributed by atoms with Crippen molar-refractivity contribution in [2.75, 3.05) is 13.2 Å². The first kappa shape index (κ1) is 23.0. The Morgan fingerprint density at radius 1 is 0.794 bits per heavy atom. The van der Waals surface area contributed by atoms with Crippen molar-refractivity contribution in [2.24, 2.45) is 0 Å². The van der Waals surface area contributed by atoms with Crippen LogP contribution < -0.4 is 20.7 Å². The lowest BCUT2D eigenvalue weighted by Crippen LogP contribution is -2.21. The van der Waals surface area contributed by atoms with Gasteiger partial charge in [-0.25, -0.2) is 27.2 Å². The maximum absolute atomic E-state index is 13.0. The lowest BCUT2D eigenvalue weighted by Gasteiger charge is -2.09. The van der Waals surface area contributed by atoms with Gasteiger partial charge in [0.05, 0.1) is 5.39 Å². The Kier molecular flexibility index (Phi) is 6.35. The van der Waals surface area contributed by atoms with Crippen molar-refractivity contribution in [3.05, 3.63) is 80.5 Å². The number of rotatable bonds is 8. The van der Waals surface area contributed by atoms with Gasteiger partial charge in [0.25, 0.3) is 12.9 Å². The Hall–Kier alpha value is -4.15. The Balaban J connectivity index is 1.74. The van der Waals surface area contributed by atoms with Crippen LogP contribution in [0.1, 0.15) is 15.9 Å². The summed E-state index contributed by atoms with van der Waals surface area (Å²) in [6.07, 6.45) is -5.45. The zero-order valence-electron chi connectivity index (χ0n) is 17.1. The molecule has 4 aromatic rings. The van der Waals surface area contributed by atoms with Crippen molar-refractivity contribution in [1.29, 1.82) is 0 Å². The summed E-state index contributed by atoms with van der Waals surface area (Å²) in [5.74, 6) is -1.04. The SMILES string of the molecule is O=C(c1cc2ccc(OCC(F)F)cc2oc1=O)c1cc2c(OCC(F)F)cccc2oc1=O. The number of halogens is 4. The third-order valence-corrected chi connectivity index (χ3v) is 4.67. The molecule has 0 spiro atoms. The van der Waals surface area contributed by atoms with E-state index in [0.29, 0.717) is 0 Å². The first-order valence-corrected chi connectivity index (χ1v) is 9.74. The highest BCUT2D eigenvalue weighted by Gasteiger charge is 2.22. The Morgan fingerprint density at radius 2 is 1.44 bits per heavy atom. The quantitative estimate of drug-likeness (QED) is 0.210. The van der Waals surface area contributed by atoms with Gasteiger partial charge in [-0.1, -0.05) is 6.07 Å². The van der Waals surface area contributed by atoms with Crippen molar-refractivity contribution in [1.82, 2.24) is 0 Å². The second-order valence-electron chi connectivity index (χ2n) is 7.00. The monoisotopic (exact) mass is 478 g/mol. The molecule has 176 valence electrons. The number of benzene rings is 2. The minimum atomic E-state index is -2.75. The number of carbonyl (C=O) groups excluding carboxylic acids is 1. The fourth-order valence-corrected chi connectivity index (χ4v) is 3.19. The van der Waals surface area contributed by atoms with Gasteiger partial charge < -0.3 is 18.3 Å². The highest BCUT2D eigenvalue weighted by Crippen LogP contribution is 2.27. The van der Waals surface area contributed by atoms with Crippen molar-refractivity contribution < 1.29 is 40.7 Å². The molecule has 7 nitrogen and oxygen atoms in total. The lowest BCUT2D eigenvalue weighted by molar-refractivity contribution is 0.0818. The minimum Gasteiger partial charge on any atom is -0.488 e. The molecule has 0 aliphatic carbocycles. The molecule has 0 atom stereocenters. The molecule has 0 N–H and O–H groups in total. The van der Waals surface area contributed by atoms with Crippen LogP contribution in [0, 0.1) is 0 Å². The van der Waals surface area contributed by atoms with E-state index in [1.165, 1.54) is 42.5 Å². The van der Waals surface area contributed by atoms with E-state index in [0.717, 1.165) is 6.07 Å². The van der Waals surface area contributed by atoms with Gasteiger partial charge >= 0.3 is 11.3 Å². The third-order valence-electron chi connectivity index (χ3n) is 4.67. The van der Waals surface area contributed by atoms with Crippen molar-refractivity contribution in [3.63, 3.8) is 0 Å². The molecule has 0 radical (unpaired) electrons. The van der Waals surface area contributed by atoms with E-state index in [4.69, 9.17) is 18.3 Å². The molecule has 0 fully saturated rings. The van der Waals surface area contributed by atoms with E-state index in [2.05, 4.69) is 0 Å². The van der Waals surface area contributed by atoms with E-state index in [9.17, 15) is 31.9 Å². The summed E-state index contributed by atoms with van der Waals surface area (Å²) in [7, 11) is 0. The summed E-state index contributed by atoms with van der Waals surface area (Å²) >= 11 is 0. The first-order chi connectivity index (χ1) is 16.2. The molecule has 0 aliphatic heterocycles. The molecule has 34 heavy (non-hydrogen) atoms. The smallest absolute Gasteiger partial charge is 0.347 e. The number of ether oxygens (including phenoxy) is 2. The van der Waals surface area contributed by atoms with Gasteiger partial charge in [-0.05, 0) is 36.4 Å². The second kappa shape index (κ2) is 9.38. The largest absolute Gasteiger partial charge is 0.488 e. The average Bonchev–Trinajstić information content (AvgIpc) is 2.79. The Labute approximate surface area is 187 Å². The number of fused-ring (bicyclic) bond motifs is 2. The molecular weight excluding hydrogens is 464 g/mol. The highest BCUT2D eigenvalue weighted by molar-refractivity contribution is 6.11. The van der Waals surface area contributed by atoms with E-state index >= 15 is 0 Å². The lowest BCUT2D eigenvalue weighted by atomic mass is 10.0. The van der Waals surface area contributed by atoms with Crippen LogP contribution in [0.4, 0.5) is 17.6 Å². The van der Waals surface area contributed by atoms with Crippen LogP contribution >= 0.6 is 0 Å². The number of carbonyl (C=O) groups is 1. The third kappa shape index (κ3) is 4.77. The molecule has 2 aromatic heterocycles. The topological polar surface area (TPSA) is 95.9 Å². The molecule has 0 saturated heterocycles. The number of ketones is 1. The summed E-state index contributed by atoms with van der Waals surface area (Å²) in [5, 5.41) is 0.343. The summed E-state index contributed by atoms with van der Waals surface area (Å²) < 4.78 is 69.9. The van der Waals surface area contributed by atoms with Crippen molar-refractivity contribution in [2.45, 2.75) is 12.9 Å². The molecular formula is C23H14F4O7. The maximum Gasteiger partial charge on any atom is 0.347 e. The normalized spacial score (nSPS) is 11.5. The standard InChI is InChI=1S/C23H14F4O7/c24-19(25)9-31-12-5-4-11-6-14(22(29)34-18(11)7-12)21(28)15-8-13-16(32-10-20(26)27)2-1-3-17(13)33-23(15)30/h1-8,19-20H,9-10H2. The summed E-state index contributed by atoms with van der Waals surface area (Å²) in [4.78, 5) is 37.9. The molecule has 0 saturated carbocycles. The van der Waals surface area contributed by atoms with Crippen LogP contribution in [-0.2, 0) is 0 Å². The molecule has 0 amide bonds. The summed E-state index contributed by atoms with van der Waals surface area (Å²) in [6.45, 7) is -1.77. The fourth-order valence-electron chi connectivity index (χ4n) is 3.19. The van der Waals surface area contributed by atoms with Crippen molar-refractivity contribution in [3.8, 4) is 11.5 Å². The predicted octanol–water partition coefficient (Wildman–Crippen LogP) is 4.42. The Bertz CT molecular complexity index is 1490. The molecule has 4 rings (SSSR count). The second-order valence-corrected chi connectivity index (χ2v) is 7.00. The van der Waals surface area contributed by atoms with Crippen LogP contribution in [0.2, 0.25) is 0 Å². The van der Waals surface area contributed by atoms with Crippen LogP contribution in [0.3, 0.4) is 0 Å². The van der Waals surface area contributed by atoms with Gasteiger partial charge in [0.2, 0.25) is 5.78 Å². The molecule has 0 aliphatic rings. The summed E-state index contributed by atoms with van der Waals surface area (Å²) in [5.41, 5.74) is -3.21. The number of hydrogen-bond donors (Lipinski definition) is 0. The van der Waals surface area contributed by atoms with Crippen LogP contribution in [-0.4, -0.2) is 31.8 Å². The van der Waals surface area contributed by atoms with E-state index < -0.39 is 54.2 Å². The fraction of sp³-hybridized carbons (Fsp3) is 0.174. The molecule has 0 bridgehead atoms. The van der Waals surface area contributed by atoms with Gasteiger partial charge in [-0.3, -0.25) is 4.79 Å². The van der Waals surface area contributed by atoms with E-state index in [1.54, 1.807) is 0 Å². The Morgan fingerprint density at radius 3 is 2.15 bits per heavy atom. The average molecular weight is 478 g/mol. The van der Waals surface area contributed by atoms with Gasteiger partial charge in [0.1, 0.15) is 47.0 Å². The number of hydrogen-bond acceptors (Lipinski definition) is 7. The van der Waals surface area contributed by atoms with Crippen LogP contribution in [0.15, 0.2) is 67.0 Å². The molecule has 11 heteroatoms. The minimum absolute atomic E-state index is 0.00445. The van der Waals surface area contributed by atoms with Gasteiger partial charge in [-0.2, -0.15) is 0 Å². The van der Waals surface area contributed by atoms with Gasteiger partial charge in [-0.15, -0.1) is 0 Å². The molecule has 0 unspecified atom stereocenters.